The molecule has 3 aromatic rings. The molecule has 2 aromatic heterocycles. The van der Waals surface area contributed by atoms with E-state index >= 15 is 0 Å². The third-order valence-corrected chi connectivity index (χ3v) is 6.48. The highest BCUT2D eigenvalue weighted by molar-refractivity contribution is 7.18. The lowest BCUT2D eigenvalue weighted by atomic mass is 10.1. The summed E-state index contributed by atoms with van der Waals surface area (Å²) in [5, 5.41) is 1.26. The Morgan fingerprint density at radius 1 is 1.00 bits per heavy atom. The molecule has 0 saturated carbocycles. The van der Waals surface area contributed by atoms with Crippen molar-refractivity contribution in [3.8, 4) is 0 Å². The van der Waals surface area contributed by atoms with Gasteiger partial charge in [-0.1, -0.05) is 37.3 Å². The Bertz CT molecular complexity index is 895. The number of thiophene rings is 1. The van der Waals surface area contributed by atoms with Gasteiger partial charge in [0.15, 0.2) is 0 Å². The lowest BCUT2D eigenvalue weighted by Gasteiger charge is -2.35. The van der Waals surface area contributed by atoms with Crippen molar-refractivity contribution in [2.75, 3.05) is 37.6 Å². The molecule has 0 atom stereocenters. The molecular weight excluding hydrogens is 340 g/mol. The zero-order valence-electron chi connectivity index (χ0n) is 15.8. The molecule has 136 valence electrons. The molecule has 5 heteroatoms. The Labute approximate surface area is 159 Å². The van der Waals surface area contributed by atoms with Gasteiger partial charge in [-0.15, -0.1) is 11.3 Å². The van der Waals surface area contributed by atoms with Gasteiger partial charge in [-0.05, 0) is 31.5 Å². The number of piperazine rings is 1. The molecule has 1 fully saturated rings. The molecule has 0 unspecified atom stereocenters. The second kappa shape index (κ2) is 7.33. The van der Waals surface area contributed by atoms with E-state index in [-0.39, 0.29) is 0 Å². The second-order valence-electron chi connectivity index (χ2n) is 7.01. The van der Waals surface area contributed by atoms with Crippen LogP contribution in [0.25, 0.3) is 10.2 Å². The highest BCUT2D eigenvalue weighted by Gasteiger charge is 2.22. The third kappa shape index (κ3) is 3.33. The largest absolute Gasteiger partial charge is 0.353 e. The maximum absolute atomic E-state index is 5.05. The minimum absolute atomic E-state index is 0.786. The fraction of sp³-hybridized carbons (Fsp3) is 0.429. The maximum Gasteiger partial charge on any atom is 0.141 e. The van der Waals surface area contributed by atoms with Gasteiger partial charge >= 0.3 is 0 Å². The molecule has 1 aliphatic rings. The van der Waals surface area contributed by atoms with Crippen LogP contribution in [0.5, 0.6) is 0 Å². The molecule has 1 saturated heterocycles. The molecule has 0 N–H and O–H groups in total. The van der Waals surface area contributed by atoms with Crippen molar-refractivity contribution in [3.05, 3.63) is 52.2 Å². The van der Waals surface area contributed by atoms with Crippen LogP contribution in [-0.2, 0) is 6.42 Å². The summed E-state index contributed by atoms with van der Waals surface area (Å²) in [6.45, 7) is 12.1. The minimum Gasteiger partial charge on any atom is -0.353 e. The molecule has 0 radical (unpaired) electrons. The molecule has 0 aliphatic carbocycles. The van der Waals surface area contributed by atoms with E-state index in [1.54, 1.807) is 11.3 Å². The van der Waals surface area contributed by atoms with Crippen LogP contribution >= 0.6 is 11.3 Å². The standard InChI is InChI=1S/C21H26N4S/c1-4-24-10-12-25(13-11-24)20-19-15(2)16(3)26-21(19)23-18(22-20)14-17-8-6-5-7-9-17/h5-9H,4,10-14H2,1-3H3. The molecule has 26 heavy (non-hydrogen) atoms. The van der Waals surface area contributed by atoms with Gasteiger partial charge in [0, 0.05) is 37.5 Å². The molecule has 1 aromatic carbocycles. The van der Waals surface area contributed by atoms with Gasteiger partial charge in [0.2, 0.25) is 0 Å². The molecular formula is C21H26N4S. The van der Waals surface area contributed by atoms with Gasteiger partial charge in [0.05, 0.1) is 5.39 Å². The monoisotopic (exact) mass is 366 g/mol. The van der Waals surface area contributed by atoms with Gasteiger partial charge in [-0.25, -0.2) is 9.97 Å². The summed E-state index contributed by atoms with van der Waals surface area (Å²) in [5.74, 6) is 2.07. The highest BCUT2D eigenvalue weighted by atomic mass is 32.1. The normalized spacial score (nSPS) is 15.7. The van der Waals surface area contributed by atoms with E-state index in [1.165, 1.54) is 21.4 Å². The molecule has 3 heterocycles. The number of anilines is 1. The predicted molar refractivity (Wildman–Crippen MR) is 110 cm³/mol. The molecule has 0 bridgehead atoms. The minimum atomic E-state index is 0.786. The zero-order valence-corrected chi connectivity index (χ0v) is 16.6. The average molecular weight is 367 g/mol. The number of likely N-dealkylation sites (N-methyl/N-ethyl adjacent to an activating group) is 1. The van der Waals surface area contributed by atoms with Gasteiger partial charge < -0.3 is 9.80 Å². The summed E-state index contributed by atoms with van der Waals surface area (Å²) in [7, 11) is 0. The van der Waals surface area contributed by atoms with Gasteiger partial charge in [0.25, 0.3) is 0 Å². The lowest BCUT2D eigenvalue weighted by molar-refractivity contribution is 0.270. The van der Waals surface area contributed by atoms with E-state index in [1.807, 2.05) is 0 Å². The smallest absolute Gasteiger partial charge is 0.141 e. The summed E-state index contributed by atoms with van der Waals surface area (Å²) in [5.41, 5.74) is 2.60. The van der Waals surface area contributed by atoms with E-state index in [4.69, 9.17) is 9.97 Å². The average Bonchev–Trinajstić information content (AvgIpc) is 2.96. The summed E-state index contributed by atoms with van der Waals surface area (Å²) in [6, 6.07) is 10.5. The SMILES string of the molecule is CCN1CCN(c2nc(Cc3ccccc3)nc3sc(C)c(C)c23)CC1. The van der Waals surface area contributed by atoms with Crippen molar-refractivity contribution in [2.24, 2.45) is 0 Å². The lowest BCUT2D eigenvalue weighted by Crippen LogP contribution is -2.46. The first-order valence-corrected chi connectivity index (χ1v) is 10.2. The molecule has 0 amide bonds. The van der Waals surface area contributed by atoms with Gasteiger partial charge in [0.1, 0.15) is 16.5 Å². The molecule has 1 aliphatic heterocycles. The maximum atomic E-state index is 5.05. The predicted octanol–water partition coefficient (Wildman–Crippen LogP) is 4.04. The fourth-order valence-corrected chi connectivity index (χ4v) is 4.68. The van der Waals surface area contributed by atoms with Gasteiger partial charge in [-0.2, -0.15) is 0 Å². The van der Waals surface area contributed by atoms with Crippen LogP contribution in [0.3, 0.4) is 0 Å². The first kappa shape index (κ1) is 17.4. The van der Waals surface area contributed by atoms with Crippen molar-refractivity contribution < 1.29 is 0 Å². The number of aryl methyl sites for hydroxylation is 2. The topological polar surface area (TPSA) is 32.3 Å². The Hall–Kier alpha value is -1.98. The van der Waals surface area contributed by atoms with Crippen molar-refractivity contribution in [3.63, 3.8) is 0 Å². The van der Waals surface area contributed by atoms with Crippen molar-refractivity contribution in [1.29, 1.82) is 0 Å². The number of aromatic nitrogens is 2. The summed E-state index contributed by atoms with van der Waals surface area (Å²) in [4.78, 5) is 17.4. The Morgan fingerprint density at radius 3 is 2.42 bits per heavy atom. The van der Waals surface area contributed by atoms with Gasteiger partial charge in [-0.3, -0.25) is 0 Å². The molecule has 4 rings (SSSR count). The van der Waals surface area contributed by atoms with Crippen LogP contribution in [0.4, 0.5) is 5.82 Å². The first-order valence-electron chi connectivity index (χ1n) is 9.43. The summed E-state index contributed by atoms with van der Waals surface area (Å²) in [6.07, 6.45) is 0.786. The van der Waals surface area contributed by atoms with E-state index in [0.717, 1.165) is 55.6 Å². The zero-order chi connectivity index (χ0) is 18.1. The number of hydrogen-bond donors (Lipinski definition) is 0. The number of rotatable bonds is 4. The second-order valence-corrected chi connectivity index (χ2v) is 8.21. The van der Waals surface area contributed by atoms with E-state index in [9.17, 15) is 0 Å². The first-order chi connectivity index (χ1) is 12.7. The molecule has 0 spiro atoms. The number of nitrogens with zero attached hydrogens (tertiary/aromatic N) is 4. The van der Waals surface area contributed by atoms with Crippen molar-refractivity contribution >= 4 is 27.4 Å². The van der Waals surface area contributed by atoms with Crippen LogP contribution in [0.2, 0.25) is 0 Å². The Balaban J connectivity index is 1.74. The van der Waals surface area contributed by atoms with E-state index < -0.39 is 0 Å². The van der Waals surface area contributed by atoms with Crippen LogP contribution in [-0.4, -0.2) is 47.6 Å². The van der Waals surface area contributed by atoms with Crippen molar-refractivity contribution in [1.82, 2.24) is 14.9 Å². The van der Waals surface area contributed by atoms with Crippen LogP contribution in [0.15, 0.2) is 30.3 Å². The summed E-state index contributed by atoms with van der Waals surface area (Å²) < 4.78 is 0. The Morgan fingerprint density at radius 2 is 1.73 bits per heavy atom. The van der Waals surface area contributed by atoms with Crippen LogP contribution in [0, 0.1) is 13.8 Å². The number of hydrogen-bond acceptors (Lipinski definition) is 5. The van der Waals surface area contributed by atoms with Crippen LogP contribution < -0.4 is 4.90 Å². The highest BCUT2D eigenvalue weighted by Crippen LogP contribution is 2.35. The fourth-order valence-electron chi connectivity index (χ4n) is 3.63. The molecule has 4 nitrogen and oxygen atoms in total. The quantitative estimate of drug-likeness (QED) is 0.697. The van der Waals surface area contributed by atoms with Crippen LogP contribution in [0.1, 0.15) is 28.8 Å². The Kier molecular flexibility index (Phi) is 4.92. The van der Waals surface area contributed by atoms with Crippen molar-refractivity contribution in [2.45, 2.75) is 27.2 Å². The summed E-state index contributed by atoms with van der Waals surface area (Å²) >= 11 is 1.80. The number of fused-ring (bicyclic) bond motifs is 1. The number of benzene rings is 1. The van der Waals surface area contributed by atoms with E-state index in [2.05, 4.69) is 60.9 Å². The third-order valence-electron chi connectivity index (χ3n) is 5.38. The van der Waals surface area contributed by atoms with E-state index in [0.29, 0.717) is 0 Å².